The third-order valence-electron chi connectivity index (χ3n) is 3.77. The summed E-state index contributed by atoms with van der Waals surface area (Å²) in [4.78, 5) is 12.2. The first-order valence-electron chi connectivity index (χ1n) is 7.39. The van der Waals surface area contributed by atoms with Gasteiger partial charge >= 0.3 is 0 Å². The number of rotatable bonds is 4. The average Bonchev–Trinajstić information content (AvgIpc) is 3.08. The molecule has 1 heterocycles. The van der Waals surface area contributed by atoms with Gasteiger partial charge in [-0.3, -0.25) is 4.79 Å². The van der Waals surface area contributed by atoms with E-state index in [2.05, 4.69) is 10.4 Å². The second-order valence-electron chi connectivity index (χ2n) is 5.57. The van der Waals surface area contributed by atoms with Crippen molar-refractivity contribution in [2.45, 2.75) is 32.3 Å². The van der Waals surface area contributed by atoms with E-state index < -0.39 is 6.10 Å². The van der Waals surface area contributed by atoms with E-state index in [-0.39, 0.29) is 18.3 Å². The monoisotopic (exact) mass is 303 g/mol. The molecule has 3 rings (SSSR count). The molecule has 22 heavy (non-hydrogen) atoms. The molecule has 0 radical (unpaired) electrons. The number of nitrogens with one attached hydrogen (secondary N) is 1. The number of carbonyl (C=O) groups excluding carboxylic acids is 1. The molecule has 0 fully saturated rings. The summed E-state index contributed by atoms with van der Waals surface area (Å²) in [5, 5.41) is 16.4. The molecule has 0 aliphatic heterocycles. The van der Waals surface area contributed by atoms with Crippen LogP contribution in [-0.4, -0.2) is 33.4 Å². The van der Waals surface area contributed by atoms with Crippen molar-refractivity contribution in [1.82, 2.24) is 15.1 Å². The first-order valence-corrected chi connectivity index (χ1v) is 7.39. The van der Waals surface area contributed by atoms with Crippen molar-refractivity contribution >= 4 is 5.91 Å². The van der Waals surface area contributed by atoms with Crippen molar-refractivity contribution in [3.05, 3.63) is 47.0 Å². The van der Waals surface area contributed by atoms with Crippen LogP contribution in [0.1, 0.15) is 35.1 Å². The fourth-order valence-corrected chi connectivity index (χ4v) is 2.74. The molecule has 2 aromatic rings. The molecule has 116 valence electrons. The van der Waals surface area contributed by atoms with E-state index in [1.807, 2.05) is 0 Å². The normalized spacial score (nSPS) is 14.7. The van der Waals surface area contributed by atoms with Crippen molar-refractivity contribution in [1.29, 1.82) is 0 Å². The lowest BCUT2D eigenvalue weighted by atomic mass is 10.2. The van der Waals surface area contributed by atoms with E-state index in [0.29, 0.717) is 5.69 Å². The van der Waals surface area contributed by atoms with E-state index >= 15 is 0 Å². The fourth-order valence-electron chi connectivity index (χ4n) is 2.74. The average molecular weight is 303 g/mol. The van der Waals surface area contributed by atoms with E-state index in [1.54, 1.807) is 23.7 Å². The van der Waals surface area contributed by atoms with Gasteiger partial charge in [0.2, 0.25) is 0 Å². The number of carbonyl (C=O) groups is 1. The van der Waals surface area contributed by atoms with E-state index in [4.69, 9.17) is 0 Å². The van der Waals surface area contributed by atoms with Crippen LogP contribution in [0.15, 0.2) is 24.3 Å². The number of amides is 1. The molecular weight excluding hydrogens is 285 g/mol. The van der Waals surface area contributed by atoms with Crippen LogP contribution < -0.4 is 5.32 Å². The molecule has 1 aromatic carbocycles. The highest BCUT2D eigenvalue weighted by atomic mass is 19.1. The zero-order valence-corrected chi connectivity index (χ0v) is 12.3. The minimum absolute atomic E-state index is 0.191. The Labute approximate surface area is 127 Å². The Hall–Kier alpha value is -2.21. The zero-order chi connectivity index (χ0) is 15.7. The molecule has 0 bridgehead atoms. The number of fused-ring (bicyclic) bond motifs is 1. The number of nitrogens with zero attached hydrogens (tertiary/aromatic N) is 2. The van der Waals surface area contributed by atoms with Crippen LogP contribution in [-0.2, 0) is 12.8 Å². The van der Waals surface area contributed by atoms with Gasteiger partial charge in [-0.25, -0.2) is 9.07 Å². The predicted octanol–water partition coefficient (Wildman–Crippen LogP) is 1.61. The second kappa shape index (κ2) is 5.88. The van der Waals surface area contributed by atoms with E-state index in [1.165, 1.54) is 12.1 Å². The third kappa shape index (κ3) is 2.74. The maximum Gasteiger partial charge on any atom is 0.272 e. The highest BCUT2D eigenvalue weighted by Gasteiger charge is 2.26. The van der Waals surface area contributed by atoms with Crippen molar-refractivity contribution in [3.8, 4) is 5.69 Å². The lowest BCUT2D eigenvalue weighted by molar-refractivity contribution is 0.0917. The van der Waals surface area contributed by atoms with Gasteiger partial charge in [-0.05, 0) is 50.5 Å². The Morgan fingerprint density at radius 3 is 2.82 bits per heavy atom. The van der Waals surface area contributed by atoms with Crippen molar-refractivity contribution in [2.75, 3.05) is 6.54 Å². The summed E-state index contributed by atoms with van der Waals surface area (Å²) in [5.74, 6) is -0.581. The number of hydrogen-bond donors (Lipinski definition) is 2. The molecule has 1 aliphatic carbocycles. The molecule has 2 N–H and O–H groups in total. The molecule has 1 unspecified atom stereocenters. The summed E-state index contributed by atoms with van der Waals surface area (Å²) < 4.78 is 14.8. The zero-order valence-electron chi connectivity index (χ0n) is 12.3. The summed E-state index contributed by atoms with van der Waals surface area (Å²) in [6.07, 6.45) is 2.04. The molecule has 1 atom stereocenters. The van der Waals surface area contributed by atoms with Gasteiger partial charge in [0.05, 0.1) is 11.8 Å². The number of hydrogen-bond acceptors (Lipinski definition) is 3. The third-order valence-corrected chi connectivity index (χ3v) is 3.77. The molecular formula is C16H18FN3O2. The lowest BCUT2D eigenvalue weighted by Crippen LogP contribution is -2.31. The Bertz CT molecular complexity index is 692. The van der Waals surface area contributed by atoms with Gasteiger partial charge in [0.1, 0.15) is 5.82 Å². The van der Waals surface area contributed by atoms with Gasteiger partial charge in [-0.1, -0.05) is 0 Å². The van der Waals surface area contributed by atoms with Gasteiger partial charge in [0.25, 0.3) is 5.91 Å². The number of aliphatic hydroxyl groups is 1. The standard InChI is InChI=1S/C16H18FN3O2/c1-10(21)9-18-16(22)15-13-3-2-4-14(13)20(19-15)12-7-5-11(17)6-8-12/h5-8,10,21H,2-4,9H2,1H3,(H,18,22). The second-order valence-corrected chi connectivity index (χ2v) is 5.57. The highest BCUT2D eigenvalue weighted by Crippen LogP contribution is 2.27. The fraction of sp³-hybridized carbons (Fsp3) is 0.375. The minimum Gasteiger partial charge on any atom is -0.392 e. The van der Waals surface area contributed by atoms with Crippen molar-refractivity contribution in [2.24, 2.45) is 0 Å². The smallest absolute Gasteiger partial charge is 0.272 e. The minimum atomic E-state index is -0.601. The van der Waals surface area contributed by atoms with Crippen molar-refractivity contribution < 1.29 is 14.3 Å². The number of aromatic nitrogens is 2. The molecule has 1 aliphatic rings. The quantitative estimate of drug-likeness (QED) is 0.902. The van der Waals surface area contributed by atoms with Crippen LogP contribution in [0.3, 0.4) is 0 Å². The Balaban J connectivity index is 1.95. The molecule has 0 spiro atoms. The Kier molecular flexibility index (Phi) is 3.94. The van der Waals surface area contributed by atoms with Crippen LogP contribution >= 0.6 is 0 Å². The maximum absolute atomic E-state index is 13.1. The largest absolute Gasteiger partial charge is 0.392 e. The maximum atomic E-state index is 13.1. The molecule has 5 nitrogen and oxygen atoms in total. The number of aliphatic hydroxyl groups excluding tert-OH is 1. The summed E-state index contributed by atoms with van der Waals surface area (Å²) >= 11 is 0. The summed E-state index contributed by atoms with van der Waals surface area (Å²) in [6.45, 7) is 1.80. The lowest BCUT2D eigenvalue weighted by Gasteiger charge is -2.06. The van der Waals surface area contributed by atoms with E-state index in [0.717, 1.165) is 36.2 Å². The Morgan fingerprint density at radius 2 is 2.14 bits per heavy atom. The van der Waals surface area contributed by atoms with Crippen LogP contribution in [0.5, 0.6) is 0 Å². The van der Waals surface area contributed by atoms with Crippen LogP contribution in [0.2, 0.25) is 0 Å². The van der Waals surface area contributed by atoms with Gasteiger partial charge < -0.3 is 10.4 Å². The molecule has 6 heteroatoms. The van der Waals surface area contributed by atoms with Crippen LogP contribution in [0.25, 0.3) is 5.69 Å². The van der Waals surface area contributed by atoms with Crippen LogP contribution in [0, 0.1) is 5.82 Å². The topological polar surface area (TPSA) is 67.2 Å². The predicted molar refractivity (Wildman–Crippen MR) is 79.6 cm³/mol. The first kappa shape index (κ1) is 14.7. The van der Waals surface area contributed by atoms with Gasteiger partial charge in [0, 0.05) is 17.8 Å². The highest BCUT2D eigenvalue weighted by molar-refractivity contribution is 5.94. The summed E-state index contributed by atoms with van der Waals surface area (Å²) in [6, 6.07) is 6.06. The van der Waals surface area contributed by atoms with E-state index in [9.17, 15) is 14.3 Å². The summed E-state index contributed by atoms with van der Waals surface area (Å²) in [5.41, 5.74) is 3.10. The molecule has 1 aromatic heterocycles. The molecule has 1 amide bonds. The SMILES string of the molecule is CC(O)CNC(=O)c1nn(-c2ccc(F)cc2)c2c1CCC2. The van der Waals surface area contributed by atoms with Gasteiger partial charge in [-0.15, -0.1) is 0 Å². The van der Waals surface area contributed by atoms with Gasteiger partial charge in [0.15, 0.2) is 5.69 Å². The van der Waals surface area contributed by atoms with Gasteiger partial charge in [-0.2, -0.15) is 5.10 Å². The van der Waals surface area contributed by atoms with Crippen LogP contribution in [0.4, 0.5) is 4.39 Å². The number of benzene rings is 1. The molecule has 0 saturated carbocycles. The van der Waals surface area contributed by atoms with Crippen molar-refractivity contribution in [3.63, 3.8) is 0 Å². The Morgan fingerprint density at radius 1 is 1.41 bits per heavy atom. The molecule has 0 saturated heterocycles. The number of halogens is 1. The first-order chi connectivity index (χ1) is 10.6. The summed E-state index contributed by atoms with van der Waals surface area (Å²) in [7, 11) is 0.